The maximum atomic E-state index is 6.14. The van der Waals surface area contributed by atoms with E-state index in [9.17, 15) is 0 Å². The van der Waals surface area contributed by atoms with E-state index >= 15 is 0 Å². The topological polar surface area (TPSA) is 21.3 Å². The first kappa shape index (κ1) is 16.1. The van der Waals surface area contributed by atoms with E-state index in [1.165, 1.54) is 9.13 Å². The average Bonchev–Trinajstić information content (AvgIpc) is 2.44. The van der Waals surface area contributed by atoms with Gasteiger partial charge in [0.05, 0.1) is 13.2 Å². The van der Waals surface area contributed by atoms with E-state index in [1.54, 1.807) is 7.11 Å². The Kier molecular flexibility index (Phi) is 5.72. The van der Waals surface area contributed by atoms with E-state index < -0.39 is 0 Å². The Morgan fingerprint density at radius 1 is 1.20 bits per heavy atom. The smallest absolute Gasteiger partial charge is 0.124 e. The van der Waals surface area contributed by atoms with Crippen LogP contribution in [0.15, 0.2) is 40.9 Å². The number of hydrogen-bond donors (Lipinski definition) is 1. The largest absolute Gasteiger partial charge is 0.496 e. The summed E-state index contributed by atoms with van der Waals surface area (Å²) in [5.41, 5.74) is 2.21. The van der Waals surface area contributed by atoms with E-state index in [2.05, 4.69) is 56.0 Å². The summed E-state index contributed by atoms with van der Waals surface area (Å²) in [6, 6.07) is 11.9. The molecule has 0 amide bonds. The lowest BCUT2D eigenvalue weighted by Crippen LogP contribution is -2.19. The molecule has 0 saturated heterocycles. The van der Waals surface area contributed by atoms with E-state index in [0.29, 0.717) is 5.02 Å². The van der Waals surface area contributed by atoms with E-state index in [4.69, 9.17) is 16.3 Å². The molecule has 0 spiro atoms. The van der Waals surface area contributed by atoms with E-state index in [1.807, 2.05) is 31.3 Å². The van der Waals surface area contributed by atoms with Crippen LogP contribution in [-0.2, 0) is 0 Å². The van der Waals surface area contributed by atoms with Crippen molar-refractivity contribution in [3.63, 3.8) is 0 Å². The summed E-state index contributed by atoms with van der Waals surface area (Å²) in [5, 5.41) is 4.04. The van der Waals surface area contributed by atoms with Crippen LogP contribution in [0, 0.1) is 3.57 Å². The first-order valence-electron chi connectivity index (χ1n) is 6.02. The number of methoxy groups -OCH3 is 1. The molecule has 2 aromatic carbocycles. The van der Waals surface area contributed by atoms with Crippen molar-refractivity contribution in [1.29, 1.82) is 0 Å². The summed E-state index contributed by atoms with van der Waals surface area (Å²) in [6.07, 6.45) is 0. The Labute approximate surface area is 146 Å². The molecule has 106 valence electrons. The maximum absolute atomic E-state index is 6.14. The van der Waals surface area contributed by atoms with Gasteiger partial charge in [-0.05, 0) is 71.6 Å². The van der Waals surface area contributed by atoms with Gasteiger partial charge in [-0.3, -0.25) is 0 Å². The van der Waals surface area contributed by atoms with Crippen LogP contribution in [0.4, 0.5) is 0 Å². The fourth-order valence-corrected chi connectivity index (χ4v) is 3.35. The van der Waals surface area contributed by atoms with Gasteiger partial charge in [0, 0.05) is 18.6 Å². The van der Waals surface area contributed by atoms with Crippen LogP contribution in [0.5, 0.6) is 5.75 Å². The van der Waals surface area contributed by atoms with Gasteiger partial charge in [0.25, 0.3) is 0 Å². The van der Waals surface area contributed by atoms with Crippen molar-refractivity contribution in [3.8, 4) is 5.75 Å². The third-order valence-corrected chi connectivity index (χ3v) is 4.77. The zero-order valence-electron chi connectivity index (χ0n) is 11.1. The summed E-state index contributed by atoms with van der Waals surface area (Å²) >= 11 is 12.0. The van der Waals surface area contributed by atoms with Crippen LogP contribution in [-0.4, -0.2) is 14.2 Å². The van der Waals surface area contributed by atoms with Crippen molar-refractivity contribution in [2.75, 3.05) is 14.2 Å². The molecular formula is C15H14BrClINO. The zero-order chi connectivity index (χ0) is 14.7. The molecule has 0 aliphatic rings. The Morgan fingerprint density at radius 3 is 2.60 bits per heavy atom. The normalized spacial score (nSPS) is 12.2. The molecule has 2 rings (SSSR count). The molecule has 0 radical (unpaired) electrons. The second-order valence-electron chi connectivity index (χ2n) is 4.27. The summed E-state index contributed by atoms with van der Waals surface area (Å²) in [7, 11) is 3.60. The van der Waals surface area contributed by atoms with Gasteiger partial charge in [0.15, 0.2) is 0 Å². The van der Waals surface area contributed by atoms with Crippen molar-refractivity contribution in [2.24, 2.45) is 0 Å². The number of hydrogen-bond acceptors (Lipinski definition) is 2. The van der Waals surface area contributed by atoms with Crippen LogP contribution >= 0.6 is 50.1 Å². The van der Waals surface area contributed by atoms with Gasteiger partial charge in [-0.25, -0.2) is 0 Å². The number of ether oxygens (including phenoxy) is 1. The quantitative estimate of drug-likeness (QED) is 0.639. The van der Waals surface area contributed by atoms with Crippen molar-refractivity contribution in [1.82, 2.24) is 5.32 Å². The highest BCUT2D eigenvalue weighted by Gasteiger charge is 2.19. The van der Waals surface area contributed by atoms with Crippen LogP contribution in [0.1, 0.15) is 17.2 Å². The predicted molar refractivity (Wildman–Crippen MR) is 95.8 cm³/mol. The minimum atomic E-state index is 0.0213. The fourth-order valence-electron chi connectivity index (χ4n) is 2.15. The predicted octanol–water partition coefficient (Wildman–Crippen LogP) is 5.02. The number of nitrogens with one attached hydrogen (secondary N) is 1. The van der Waals surface area contributed by atoms with Crippen molar-refractivity contribution in [3.05, 3.63) is 60.6 Å². The second kappa shape index (κ2) is 7.11. The minimum Gasteiger partial charge on any atom is -0.496 e. The van der Waals surface area contributed by atoms with Gasteiger partial charge in [-0.2, -0.15) is 0 Å². The first-order chi connectivity index (χ1) is 9.56. The Bertz CT molecular complexity index is 621. The van der Waals surface area contributed by atoms with E-state index in [0.717, 1.165) is 15.8 Å². The highest BCUT2D eigenvalue weighted by Crippen LogP contribution is 2.35. The standard InChI is InChI=1S/C15H14BrClINO/c1-19-15(11-7-9(16)3-5-13(11)18)12-8-10(17)4-6-14(12)20-2/h3-8,15,19H,1-2H3. The molecule has 0 bridgehead atoms. The lowest BCUT2D eigenvalue weighted by molar-refractivity contribution is 0.405. The van der Waals surface area contributed by atoms with Crippen LogP contribution in [0.2, 0.25) is 5.02 Å². The van der Waals surface area contributed by atoms with Gasteiger partial charge in [-0.15, -0.1) is 0 Å². The van der Waals surface area contributed by atoms with Crippen LogP contribution < -0.4 is 10.1 Å². The lowest BCUT2D eigenvalue weighted by Gasteiger charge is -2.21. The summed E-state index contributed by atoms with van der Waals surface area (Å²) in [6.45, 7) is 0. The summed E-state index contributed by atoms with van der Waals surface area (Å²) in [5.74, 6) is 0.824. The number of halogens is 3. The molecule has 0 aliphatic carbocycles. The molecule has 0 aliphatic heterocycles. The Morgan fingerprint density at radius 2 is 1.95 bits per heavy atom. The van der Waals surface area contributed by atoms with Gasteiger partial charge in [0.1, 0.15) is 5.75 Å². The third kappa shape index (κ3) is 3.47. The third-order valence-electron chi connectivity index (χ3n) is 3.06. The molecule has 1 unspecified atom stereocenters. The van der Waals surface area contributed by atoms with Crippen molar-refractivity contribution >= 4 is 50.1 Å². The number of rotatable bonds is 4. The minimum absolute atomic E-state index is 0.0213. The summed E-state index contributed by atoms with van der Waals surface area (Å²) < 4.78 is 7.70. The first-order valence-corrected chi connectivity index (χ1v) is 8.27. The zero-order valence-corrected chi connectivity index (χ0v) is 15.6. The van der Waals surface area contributed by atoms with Gasteiger partial charge in [0.2, 0.25) is 0 Å². The molecule has 0 saturated carbocycles. The maximum Gasteiger partial charge on any atom is 0.124 e. The Balaban J connectivity index is 2.57. The molecule has 1 N–H and O–H groups in total. The highest BCUT2D eigenvalue weighted by atomic mass is 127. The van der Waals surface area contributed by atoms with Gasteiger partial charge in [-0.1, -0.05) is 27.5 Å². The molecule has 2 aromatic rings. The molecule has 0 fully saturated rings. The number of benzene rings is 2. The molecule has 20 heavy (non-hydrogen) atoms. The molecule has 0 aromatic heterocycles. The van der Waals surface area contributed by atoms with Crippen LogP contribution in [0.25, 0.3) is 0 Å². The molecule has 0 heterocycles. The Hall–Kier alpha value is -0.300. The average molecular weight is 467 g/mol. The highest BCUT2D eigenvalue weighted by molar-refractivity contribution is 14.1. The second-order valence-corrected chi connectivity index (χ2v) is 6.79. The van der Waals surface area contributed by atoms with Crippen molar-refractivity contribution < 1.29 is 4.74 Å². The lowest BCUT2D eigenvalue weighted by atomic mass is 9.98. The van der Waals surface area contributed by atoms with Crippen molar-refractivity contribution in [2.45, 2.75) is 6.04 Å². The van der Waals surface area contributed by atoms with Gasteiger partial charge >= 0.3 is 0 Å². The SMILES string of the molecule is CNC(c1cc(Br)ccc1I)c1cc(Cl)ccc1OC. The van der Waals surface area contributed by atoms with Crippen LogP contribution in [0.3, 0.4) is 0 Å². The van der Waals surface area contributed by atoms with E-state index in [-0.39, 0.29) is 6.04 Å². The molecule has 5 heteroatoms. The summed E-state index contributed by atoms with van der Waals surface area (Å²) in [4.78, 5) is 0. The molecular weight excluding hydrogens is 452 g/mol. The van der Waals surface area contributed by atoms with Gasteiger partial charge < -0.3 is 10.1 Å². The monoisotopic (exact) mass is 465 g/mol. The molecule has 1 atom stereocenters. The fraction of sp³-hybridized carbons (Fsp3) is 0.200. The molecule has 2 nitrogen and oxygen atoms in total.